The van der Waals surface area contributed by atoms with E-state index in [9.17, 15) is 9.59 Å². The number of Topliss-reactive ketones (excluding diaryl/α,β-unsaturated/α-hetero) is 1. The van der Waals surface area contributed by atoms with Gasteiger partial charge >= 0.3 is 5.97 Å². The normalized spacial score (nSPS) is 10.2. The molecule has 1 aromatic heterocycles. The van der Waals surface area contributed by atoms with Crippen LogP contribution in [0, 0.1) is 0 Å². The summed E-state index contributed by atoms with van der Waals surface area (Å²) in [6.07, 6.45) is 0. The monoisotopic (exact) mass is 307 g/mol. The third-order valence-corrected chi connectivity index (χ3v) is 3.98. The van der Waals surface area contributed by atoms with Crippen LogP contribution in [-0.2, 0) is 0 Å². The molecule has 0 unspecified atom stereocenters. The minimum absolute atomic E-state index is 0.113. The Morgan fingerprint density at radius 2 is 1.95 bits per heavy atom. The van der Waals surface area contributed by atoms with Crippen LogP contribution in [0.1, 0.15) is 27.1 Å². The molecule has 0 aliphatic heterocycles. The van der Waals surface area contributed by atoms with Gasteiger partial charge in [0.1, 0.15) is 21.4 Å². The summed E-state index contributed by atoms with van der Waals surface area (Å²) in [6.45, 7) is 1.31. The van der Waals surface area contributed by atoms with Gasteiger partial charge < -0.3 is 14.6 Å². The summed E-state index contributed by atoms with van der Waals surface area (Å²) in [6, 6.07) is 5.11. The van der Waals surface area contributed by atoms with E-state index in [0.29, 0.717) is 22.1 Å². The SMILES string of the molecule is COc1ccc(OC)c(-c2nc(C(=O)O)c(C(C)=O)s2)c1. The molecule has 0 bridgehead atoms. The van der Waals surface area contributed by atoms with Crippen LogP contribution in [0.4, 0.5) is 0 Å². The minimum atomic E-state index is -1.23. The quantitative estimate of drug-likeness (QED) is 0.855. The van der Waals surface area contributed by atoms with Crippen LogP contribution in [0.2, 0.25) is 0 Å². The van der Waals surface area contributed by atoms with Gasteiger partial charge in [-0.3, -0.25) is 4.79 Å². The molecule has 1 aromatic carbocycles. The smallest absolute Gasteiger partial charge is 0.356 e. The number of carbonyl (C=O) groups excluding carboxylic acids is 1. The third-order valence-electron chi connectivity index (χ3n) is 2.79. The second-order valence-corrected chi connectivity index (χ2v) is 5.12. The molecule has 0 saturated heterocycles. The van der Waals surface area contributed by atoms with E-state index in [0.717, 1.165) is 11.3 Å². The summed E-state index contributed by atoms with van der Waals surface area (Å²) >= 11 is 1.02. The molecular weight excluding hydrogens is 294 g/mol. The predicted octanol–water partition coefficient (Wildman–Crippen LogP) is 2.73. The topological polar surface area (TPSA) is 85.7 Å². The van der Waals surface area contributed by atoms with Gasteiger partial charge in [0.25, 0.3) is 0 Å². The van der Waals surface area contributed by atoms with Crippen molar-refractivity contribution < 1.29 is 24.2 Å². The van der Waals surface area contributed by atoms with E-state index in [1.807, 2.05) is 0 Å². The molecule has 6 nitrogen and oxygen atoms in total. The maximum absolute atomic E-state index is 11.5. The lowest BCUT2D eigenvalue weighted by Crippen LogP contribution is -2.03. The van der Waals surface area contributed by atoms with Crippen molar-refractivity contribution in [2.24, 2.45) is 0 Å². The van der Waals surface area contributed by atoms with Crippen LogP contribution in [0.5, 0.6) is 11.5 Å². The summed E-state index contributed by atoms with van der Waals surface area (Å²) < 4.78 is 10.4. The minimum Gasteiger partial charge on any atom is -0.497 e. The van der Waals surface area contributed by atoms with E-state index in [4.69, 9.17) is 14.6 Å². The molecule has 0 fully saturated rings. The van der Waals surface area contributed by atoms with Crippen molar-refractivity contribution in [3.8, 4) is 22.1 Å². The van der Waals surface area contributed by atoms with Gasteiger partial charge in [-0.05, 0) is 18.2 Å². The number of hydrogen-bond acceptors (Lipinski definition) is 6. The Bertz CT molecular complexity index is 676. The number of ether oxygens (including phenoxy) is 2. The predicted molar refractivity (Wildman–Crippen MR) is 77.6 cm³/mol. The number of carboxylic acids is 1. The van der Waals surface area contributed by atoms with Crippen molar-refractivity contribution in [2.75, 3.05) is 14.2 Å². The van der Waals surface area contributed by atoms with Crippen molar-refractivity contribution >= 4 is 23.1 Å². The van der Waals surface area contributed by atoms with Gasteiger partial charge in [-0.15, -0.1) is 11.3 Å². The number of carboxylic acid groups (broad SMARTS) is 1. The maximum atomic E-state index is 11.5. The second kappa shape index (κ2) is 5.92. The van der Waals surface area contributed by atoms with Crippen LogP contribution in [0.3, 0.4) is 0 Å². The molecule has 0 saturated carbocycles. The first-order valence-electron chi connectivity index (χ1n) is 5.95. The summed E-state index contributed by atoms with van der Waals surface area (Å²) in [7, 11) is 3.03. The Morgan fingerprint density at radius 1 is 1.24 bits per heavy atom. The number of hydrogen-bond donors (Lipinski definition) is 1. The van der Waals surface area contributed by atoms with Gasteiger partial charge in [0.2, 0.25) is 0 Å². The van der Waals surface area contributed by atoms with Crippen molar-refractivity contribution in [1.82, 2.24) is 4.98 Å². The molecule has 0 atom stereocenters. The van der Waals surface area contributed by atoms with Gasteiger partial charge in [-0.1, -0.05) is 0 Å². The van der Waals surface area contributed by atoms with Crippen LogP contribution >= 0.6 is 11.3 Å². The Morgan fingerprint density at radius 3 is 2.43 bits per heavy atom. The summed E-state index contributed by atoms with van der Waals surface area (Å²) in [5.41, 5.74) is 0.337. The average Bonchev–Trinajstić information content (AvgIpc) is 2.92. The highest BCUT2D eigenvalue weighted by atomic mass is 32.1. The number of thiazole rings is 1. The molecule has 1 N–H and O–H groups in total. The summed E-state index contributed by atoms with van der Waals surface area (Å²) in [5.74, 6) is -0.457. The van der Waals surface area contributed by atoms with E-state index in [1.54, 1.807) is 18.2 Å². The molecular formula is C14H13NO5S. The summed E-state index contributed by atoms with van der Waals surface area (Å²) in [4.78, 5) is 26.9. The van der Waals surface area contributed by atoms with Gasteiger partial charge in [-0.2, -0.15) is 0 Å². The lowest BCUT2D eigenvalue weighted by Gasteiger charge is -2.07. The van der Waals surface area contributed by atoms with Crippen LogP contribution in [0.25, 0.3) is 10.6 Å². The molecule has 7 heteroatoms. The van der Waals surface area contributed by atoms with E-state index < -0.39 is 5.97 Å². The van der Waals surface area contributed by atoms with Crippen molar-refractivity contribution in [2.45, 2.75) is 6.92 Å². The molecule has 0 aliphatic carbocycles. The van der Waals surface area contributed by atoms with Gasteiger partial charge in [0.05, 0.1) is 19.8 Å². The number of carbonyl (C=O) groups is 2. The zero-order chi connectivity index (χ0) is 15.6. The van der Waals surface area contributed by atoms with E-state index in [1.165, 1.54) is 21.1 Å². The highest BCUT2D eigenvalue weighted by Gasteiger charge is 2.22. The highest BCUT2D eigenvalue weighted by molar-refractivity contribution is 7.17. The number of aromatic nitrogens is 1. The molecule has 2 aromatic rings. The Hall–Kier alpha value is -2.41. The number of benzene rings is 1. The van der Waals surface area contributed by atoms with Gasteiger partial charge in [-0.25, -0.2) is 9.78 Å². The fourth-order valence-corrected chi connectivity index (χ4v) is 2.77. The maximum Gasteiger partial charge on any atom is 0.356 e. The van der Waals surface area contributed by atoms with Crippen molar-refractivity contribution in [3.05, 3.63) is 28.8 Å². The van der Waals surface area contributed by atoms with Crippen molar-refractivity contribution in [3.63, 3.8) is 0 Å². The molecule has 0 aliphatic rings. The first-order chi connectivity index (χ1) is 9.97. The molecule has 2 rings (SSSR count). The van der Waals surface area contributed by atoms with Gasteiger partial charge in [0.15, 0.2) is 11.5 Å². The molecule has 0 spiro atoms. The Balaban J connectivity index is 2.64. The van der Waals surface area contributed by atoms with E-state index in [2.05, 4.69) is 4.98 Å². The van der Waals surface area contributed by atoms with E-state index >= 15 is 0 Å². The highest BCUT2D eigenvalue weighted by Crippen LogP contribution is 2.37. The third kappa shape index (κ3) is 2.87. The first kappa shape index (κ1) is 15.0. The number of ketones is 1. The largest absolute Gasteiger partial charge is 0.497 e. The first-order valence-corrected chi connectivity index (χ1v) is 6.77. The molecule has 0 amide bonds. The van der Waals surface area contributed by atoms with Crippen LogP contribution < -0.4 is 9.47 Å². The standard InChI is InChI=1S/C14H13NO5S/c1-7(16)12-11(14(17)18)15-13(21-12)9-6-8(19-2)4-5-10(9)20-3/h4-6H,1-3H3,(H,17,18). The Labute approximate surface area is 125 Å². The Kier molecular flexibility index (Phi) is 4.23. The summed E-state index contributed by atoms with van der Waals surface area (Å²) in [5, 5.41) is 9.53. The van der Waals surface area contributed by atoms with Gasteiger partial charge in [0, 0.05) is 6.92 Å². The number of aromatic carboxylic acids is 1. The molecule has 21 heavy (non-hydrogen) atoms. The lowest BCUT2D eigenvalue weighted by molar-refractivity contribution is 0.0687. The number of nitrogens with zero attached hydrogens (tertiary/aromatic N) is 1. The molecule has 110 valence electrons. The van der Waals surface area contributed by atoms with Crippen molar-refractivity contribution in [1.29, 1.82) is 0 Å². The molecule has 1 heterocycles. The average molecular weight is 307 g/mol. The zero-order valence-electron chi connectivity index (χ0n) is 11.7. The zero-order valence-corrected chi connectivity index (χ0v) is 12.5. The van der Waals surface area contributed by atoms with E-state index in [-0.39, 0.29) is 16.4 Å². The fourth-order valence-electron chi connectivity index (χ4n) is 1.80. The lowest BCUT2D eigenvalue weighted by atomic mass is 10.2. The number of rotatable bonds is 5. The van der Waals surface area contributed by atoms with Crippen LogP contribution in [-0.4, -0.2) is 36.1 Å². The second-order valence-electron chi connectivity index (χ2n) is 4.12. The van der Waals surface area contributed by atoms with Crippen LogP contribution in [0.15, 0.2) is 18.2 Å². The molecule has 0 radical (unpaired) electrons. The number of methoxy groups -OCH3 is 2. The fraction of sp³-hybridized carbons (Fsp3) is 0.214.